The second-order valence-corrected chi connectivity index (χ2v) is 3.92. The maximum Gasteiger partial charge on any atom is 0.199 e. The summed E-state index contributed by atoms with van der Waals surface area (Å²) in [5, 5.41) is 20.1. The molecule has 7 heteroatoms. The second kappa shape index (κ2) is 5.53. The molecule has 0 spiro atoms. The van der Waals surface area contributed by atoms with Crippen molar-refractivity contribution < 1.29 is 5.11 Å². The summed E-state index contributed by atoms with van der Waals surface area (Å²) in [6.07, 6.45) is 6.26. The number of aliphatic hydroxyl groups is 1. The number of aliphatic hydroxyl groups excluding tert-OH is 1. The van der Waals surface area contributed by atoms with E-state index in [1.165, 1.54) is 0 Å². The van der Waals surface area contributed by atoms with Gasteiger partial charge >= 0.3 is 0 Å². The Bertz CT molecular complexity index is 471. The third kappa shape index (κ3) is 2.68. The molecule has 0 aliphatic rings. The molecule has 2 rings (SSSR count). The maximum atomic E-state index is 8.71. The first kappa shape index (κ1) is 11.7. The van der Waals surface area contributed by atoms with Crippen LogP contribution in [0.4, 0.5) is 5.82 Å². The van der Waals surface area contributed by atoms with Gasteiger partial charge in [0.05, 0.1) is 12.4 Å². The first-order valence-corrected chi connectivity index (χ1v) is 5.67. The van der Waals surface area contributed by atoms with Crippen LogP contribution in [0, 0.1) is 0 Å². The Morgan fingerprint density at radius 1 is 1.29 bits per heavy atom. The van der Waals surface area contributed by atoms with E-state index < -0.39 is 0 Å². The lowest BCUT2D eigenvalue weighted by Gasteiger charge is -2.18. The van der Waals surface area contributed by atoms with Crippen LogP contribution in [-0.4, -0.2) is 50.3 Å². The summed E-state index contributed by atoms with van der Waals surface area (Å²) in [6.45, 7) is 1.15. The molecule has 0 aromatic carbocycles. The van der Waals surface area contributed by atoms with Gasteiger partial charge in [-0.15, -0.1) is 5.10 Å². The lowest BCUT2D eigenvalue weighted by Crippen LogP contribution is -2.21. The molecule has 0 aliphatic carbocycles. The van der Waals surface area contributed by atoms with Crippen molar-refractivity contribution in [2.24, 2.45) is 0 Å². The summed E-state index contributed by atoms with van der Waals surface area (Å²) in [4.78, 5) is 6.17. The van der Waals surface area contributed by atoms with Crippen molar-refractivity contribution in [1.29, 1.82) is 0 Å². The maximum absolute atomic E-state index is 8.71. The highest BCUT2D eigenvalue weighted by molar-refractivity contribution is 5.45. The SMILES string of the molecule is CN(CCCCCO)c1cncc2nnnn12. The van der Waals surface area contributed by atoms with Gasteiger partial charge in [-0.2, -0.15) is 4.52 Å². The van der Waals surface area contributed by atoms with Crippen LogP contribution in [0.5, 0.6) is 0 Å². The van der Waals surface area contributed by atoms with E-state index in [0.29, 0.717) is 5.65 Å². The van der Waals surface area contributed by atoms with Gasteiger partial charge in [0.25, 0.3) is 0 Å². The number of aromatic nitrogens is 5. The Morgan fingerprint density at radius 2 is 2.18 bits per heavy atom. The number of nitrogens with zero attached hydrogens (tertiary/aromatic N) is 6. The molecule has 0 aliphatic heterocycles. The zero-order chi connectivity index (χ0) is 12.1. The molecule has 0 unspecified atom stereocenters. The van der Waals surface area contributed by atoms with Crippen LogP contribution in [-0.2, 0) is 0 Å². The van der Waals surface area contributed by atoms with Gasteiger partial charge in [-0.1, -0.05) is 0 Å². The fraction of sp³-hybridized carbons (Fsp3) is 0.600. The van der Waals surface area contributed by atoms with Crippen molar-refractivity contribution in [3.8, 4) is 0 Å². The monoisotopic (exact) mass is 236 g/mol. The summed E-state index contributed by atoms with van der Waals surface area (Å²) < 4.78 is 1.67. The van der Waals surface area contributed by atoms with Crippen molar-refractivity contribution in [3.63, 3.8) is 0 Å². The molecule has 2 aromatic rings. The first-order valence-electron chi connectivity index (χ1n) is 5.67. The van der Waals surface area contributed by atoms with E-state index in [4.69, 9.17) is 5.11 Å². The number of anilines is 1. The number of fused-ring (bicyclic) bond motifs is 1. The van der Waals surface area contributed by atoms with Crippen molar-refractivity contribution in [2.45, 2.75) is 19.3 Å². The second-order valence-electron chi connectivity index (χ2n) is 3.92. The fourth-order valence-electron chi connectivity index (χ4n) is 1.68. The predicted octanol–water partition coefficient (Wildman–Crippen LogP) is 0.118. The minimum absolute atomic E-state index is 0.258. The normalized spacial score (nSPS) is 10.9. The molecule has 0 atom stereocenters. The summed E-state index contributed by atoms with van der Waals surface area (Å²) >= 11 is 0. The smallest absolute Gasteiger partial charge is 0.199 e. The van der Waals surface area contributed by atoms with Crippen LogP contribution in [0.15, 0.2) is 12.4 Å². The quantitative estimate of drug-likeness (QED) is 0.717. The molecule has 0 bridgehead atoms. The van der Waals surface area contributed by atoms with Gasteiger partial charge in [0.1, 0.15) is 0 Å². The van der Waals surface area contributed by atoms with Gasteiger partial charge < -0.3 is 10.0 Å². The molecule has 2 aromatic heterocycles. The number of unbranched alkanes of at least 4 members (excludes halogenated alkanes) is 2. The third-order valence-electron chi connectivity index (χ3n) is 2.63. The molecule has 0 amide bonds. The van der Waals surface area contributed by atoms with Crippen LogP contribution in [0.3, 0.4) is 0 Å². The Kier molecular flexibility index (Phi) is 3.81. The molecule has 1 N–H and O–H groups in total. The average molecular weight is 236 g/mol. The summed E-state index contributed by atoms with van der Waals surface area (Å²) in [7, 11) is 1.98. The van der Waals surface area contributed by atoms with Gasteiger partial charge in [0.15, 0.2) is 11.5 Å². The van der Waals surface area contributed by atoms with E-state index in [0.717, 1.165) is 31.6 Å². The fourth-order valence-corrected chi connectivity index (χ4v) is 1.68. The summed E-state index contributed by atoms with van der Waals surface area (Å²) in [6, 6.07) is 0. The Labute approximate surface area is 99.1 Å². The third-order valence-corrected chi connectivity index (χ3v) is 2.63. The molecule has 7 nitrogen and oxygen atoms in total. The van der Waals surface area contributed by atoms with Gasteiger partial charge in [-0.3, -0.25) is 4.98 Å². The minimum atomic E-state index is 0.258. The molecule has 17 heavy (non-hydrogen) atoms. The van der Waals surface area contributed by atoms with Crippen LogP contribution >= 0.6 is 0 Å². The Balaban J connectivity index is 2.03. The number of tetrazole rings is 1. The van der Waals surface area contributed by atoms with Crippen molar-refractivity contribution in [3.05, 3.63) is 12.4 Å². The molecular weight excluding hydrogens is 220 g/mol. The van der Waals surface area contributed by atoms with E-state index in [1.54, 1.807) is 16.9 Å². The molecule has 0 saturated carbocycles. The van der Waals surface area contributed by atoms with E-state index in [9.17, 15) is 0 Å². The van der Waals surface area contributed by atoms with Gasteiger partial charge in [0.2, 0.25) is 0 Å². The van der Waals surface area contributed by atoms with Gasteiger partial charge in [-0.05, 0) is 29.7 Å². The lowest BCUT2D eigenvalue weighted by molar-refractivity contribution is 0.283. The molecule has 0 fully saturated rings. The average Bonchev–Trinajstić information content (AvgIpc) is 2.82. The molecule has 0 radical (unpaired) electrons. The molecule has 92 valence electrons. The number of hydrogen-bond acceptors (Lipinski definition) is 6. The highest BCUT2D eigenvalue weighted by atomic mass is 16.2. The van der Waals surface area contributed by atoms with Crippen molar-refractivity contribution in [2.75, 3.05) is 25.1 Å². The molecule has 0 saturated heterocycles. The standard InChI is InChI=1S/C10H16N6O/c1-15(5-3-2-4-6-17)10-8-11-7-9-12-13-14-16(9)10/h7-8,17H,2-6H2,1H3. The zero-order valence-electron chi connectivity index (χ0n) is 9.82. The lowest BCUT2D eigenvalue weighted by atomic mass is 10.2. The van der Waals surface area contributed by atoms with E-state index >= 15 is 0 Å². The zero-order valence-corrected chi connectivity index (χ0v) is 9.82. The molecule has 2 heterocycles. The topological polar surface area (TPSA) is 79.4 Å². The number of hydrogen-bond donors (Lipinski definition) is 1. The summed E-state index contributed by atoms with van der Waals surface area (Å²) in [5.74, 6) is 0.872. The van der Waals surface area contributed by atoms with Crippen molar-refractivity contribution in [1.82, 2.24) is 25.0 Å². The Hall–Kier alpha value is -1.76. The summed E-state index contributed by atoms with van der Waals surface area (Å²) in [5.41, 5.74) is 0.643. The van der Waals surface area contributed by atoms with Crippen LogP contribution < -0.4 is 4.90 Å². The van der Waals surface area contributed by atoms with Crippen molar-refractivity contribution >= 4 is 11.5 Å². The van der Waals surface area contributed by atoms with Gasteiger partial charge in [-0.25, -0.2) is 0 Å². The predicted molar refractivity (Wildman–Crippen MR) is 62.8 cm³/mol. The minimum Gasteiger partial charge on any atom is -0.396 e. The van der Waals surface area contributed by atoms with E-state index in [1.807, 2.05) is 7.05 Å². The largest absolute Gasteiger partial charge is 0.396 e. The van der Waals surface area contributed by atoms with E-state index in [-0.39, 0.29) is 6.61 Å². The molecular formula is C10H16N6O. The van der Waals surface area contributed by atoms with Gasteiger partial charge in [0, 0.05) is 20.2 Å². The Morgan fingerprint density at radius 3 is 3.00 bits per heavy atom. The highest BCUT2D eigenvalue weighted by Gasteiger charge is 2.08. The van der Waals surface area contributed by atoms with E-state index in [2.05, 4.69) is 25.4 Å². The highest BCUT2D eigenvalue weighted by Crippen LogP contribution is 2.11. The number of rotatable bonds is 6. The first-order chi connectivity index (χ1) is 8.33. The van der Waals surface area contributed by atoms with Crippen LogP contribution in [0.1, 0.15) is 19.3 Å². The van der Waals surface area contributed by atoms with Crippen LogP contribution in [0.2, 0.25) is 0 Å². The van der Waals surface area contributed by atoms with Crippen LogP contribution in [0.25, 0.3) is 5.65 Å².